The SMILES string of the molecule is Cc1cc(=O)c(C(=O)N(C)Cc2cc(Cl)cc(Cl)c2)c[nH]1. The summed E-state index contributed by atoms with van der Waals surface area (Å²) < 4.78 is 0. The fraction of sp³-hybridized carbons (Fsp3) is 0.200. The van der Waals surface area contributed by atoms with Crippen molar-refractivity contribution in [2.45, 2.75) is 13.5 Å². The van der Waals surface area contributed by atoms with Gasteiger partial charge < -0.3 is 9.88 Å². The number of aryl methyl sites for hydroxylation is 1. The molecule has 1 aromatic heterocycles. The fourth-order valence-electron chi connectivity index (χ4n) is 1.99. The van der Waals surface area contributed by atoms with Gasteiger partial charge in [-0.1, -0.05) is 23.2 Å². The number of pyridine rings is 1. The third kappa shape index (κ3) is 3.86. The first-order valence-electron chi connectivity index (χ1n) is 6.26. The van der Waals surface area contributed by atoms with Crippen molar-refractivity contribution >= 4 is 29.1 Å². The van der Waals surface area contributed by atoms with Crippen LogP contribution in [0.2, 0.25) is 10.0 Å². The van der Waals surface area contributed by atoms with Gasteiger partial charge in [0.05, 0.1) is 0 Å². The van der Waals surface area contributed by atoms with Crippen molar-refractivity contribution in [2.24, 2.45) is 0 Å². The van der Waals surface area contributed by atoms with Crippen molar-refractivity contribution in [3.05, 3.63) is 67.6 Å². The van der Waals surface area contributed by atoms with Crippen LogP contribution in [0.15, 0.2) is 35.3 Å². The molecule has 110 valence electrons. The Hall–Kier alpha value is -1.78. The highest BCUT2D eigenvalue weighted by Gasteiger charge is 2.15. The molecule has 0 aliphatic carbocycles. The third-order valence-electron chi connectivity index (χ3n) is 2.98. The summed E-state index contributed by atoms with van der Waals surface area (Å²) in [4.78, 5) is 28.4. The van der Waals surface area contributed by atoms with Crippen LogP contribution >= 0.6 is 23.2 Å². The average Bonchev–Trinajstić information content (AvgIpc) is 2.36. The zero-order valence-corrected chi connectivity index (χ0v) is 13.1. The molecule has 2 aromatic rings. The van der Waals surface area contributed by atoms with E-state index in [-0.39, 0.29) is 16.9 Å². The number of halogens is 2. The average molecular weight is 325 g/mol. The molecule has 21 heavy (non-hydrogen) atoms. The predicted octanol–water partition coefficient (Wildman–Crippen LogP) is 3.26. The Morgan fingerprint density at radius 1 is 1.19 bits per heavy atom. The number of H-pyrrole nitrogens is 1. The molecule has 0 saturated carbocycles. The number of hydrogen-bond acceptors (Lipinski definition) is 2. The van der Waals surface area contributed by atoms with Crippen LogP contribution in [-0.2, 0) is 6.54 Å². The van der Waals surface area contributed by atoms with Gasteiger partial charge >= 0.3 is 0 Å². The van der Waals surface area contributed by atoms with Crippen LogP contribution < -0.4 is 5.43 Å². The van der Waals surface area contributed by atoms with Gasteiger partial charge in [0.2, 0.25) is 0 Å². The van der Waals surface area contributed by atoms with Gasteiger partial charge in [-0.2, -0.15) is 0 Å². The molecule has 1 heterocycles. The number of hydrogen-bond donors (Lipinski definition) is 1. The van der Waals surface area contributed by atoms with E-state index < -0.39 is 0 Å². The van der Waals surface area contributed by atoms with E-state index in [0.717, 1.165) is 5.56 Å². The first-order valence-corrected chi connectivity index (χ1v) is 7.02. The van der Waals surface area contributed by atoms with Crippen molar-refractivity contribution in [1.29, 1.82) is 0 Å². The normalized spacial score (nSPS) is 10.5. The van der Waals surface area contributed by atoms with Gasteiger partial charge in [0.25, 0.3) is 5.91 Å². The van der Waals surface area contributed by atoms with E-state index in [1.54, 1.807) is 32.2 Å². The summed E-state index contributed by atoms with van der Waals surface area (Å²) in [7, 11) is 1.62. The van der Waals surface area contributed by atoms with Crippen LogP contribution in [0.4, 0.5) is 0 Å². The summed E-state index contributed by atoms with van der Waals surface area (Å²) in [5, 5.41) is 1.01. The lowest BCUT2D eigenvalue weighted by atomic mass is 10.2. The predicted molar refractivity (Wildman–Crippen MR) is 84.1 cm³/mol. The molecule has 0 atom stereocenters. The number of nitrogens with zero attached hydrogens (tertiary/aromatic N) is 1. The summed E-state index contributed by atoms with van der Waals surface area (Å²) in [5.41, 5.74) is 1.32. The lowest BCUT2D eigenvalue weighted by Crippen LogP contribution is -2.30. The van der Waals surface area contributed by atoms with Crippen LogP contribution in [0.5, 0.6) is 0 Å². The van der Waals surface area contributed by atoms with Gasteiger partial charge in [-0.15, -0.1) is 0 Å². The van der Waals surface area contributed by atoms with Crippen LogP contribution in [0.1, 0.15) is 21.6 Å². The van der Waals surface area contributed by atoms with Crippen molar-refractivity contribution in [1.82, 2.24) is 9.88 Å². The molecule has 1 aromatic carbocycles. The number of carbonyl (C=O) groups excluding carboxylic acids is 1. The van der Waals surface area contributed by atoms with Gasteiger partial charge in [0.1, 0.15) is 5.56 Å². The lowest BCUT2D eigenvalue weighted by Gasteiger charge is -2.17. The molecule has 0 saturated heterocycles. The minimum atomic E-state index is -0.354. The monoisotopic (exact) mass is 324 g/mol. The molecule has 1 N–H and O–H groups in total. The van der Waals surface area contributed by atoms with Crippen LogP contribution in [0.3, 0.4) is 0 Å². The molecular weight excluding hydrogens is 311 g/mol. The maximum Gasteiger partial charge on any atom is 0.259 e. The second-order valence-corrected chi connectivity index (χ2v) is 5.71. The maximum atomic E-state index is 12.3. The molecule has 1 amide bonds. The van der Waals surface area contributed by atoms with E-state index in [4.69, 9.17) is 23.2 Å². The van der Waals surface area contributed by atoms with Crippen molar-refractivity contribution in [2.75, 3.05) is 7.05 Å². The largest absolute Gasteiger partial charge is 0.364 e. The van der Waals surface area contributed by atoms with Gasteiger partial charge in [0.15, 0.2) is 5.43 Å². The Morgan fingerprint density at radius 3 is 2.38 bits per heavy atom. The highest BCUT2D eigenvalue weighted by Crippen LogP contribution is 2.20. The van der Waals surface area contributed by atoms with Crippen molar-refractivity contribution in [3.8, 4) is 0 Å². The first-order chi connectivity index (χ1) is 9.86. The molecule has 0 spiro atoms. The number of rotatable bonds is 3. The highest BCUT2D eigenvalue weighted by molar-refractivity contribution is 6.34. The molecule has 6 heteroatoms. The molecule has 0 aliphatic rings. The standard InChI is InChI=1S/C15H14Cl2N2O2/c1-9-3-14(20)13(7-18-9)15(21)19(2)8-10-4-11(16)6-12(17)5-10/h3-7H,8H2,1-2H3,(H,18,20). The van der Waals surface area contributed by atoms with E-state index in [1.807, 2.05) is 0 Å². The summed E-state index contributed by atoms with van der Waals surface area (Å²) >= 11 is 11.9. The number of carbonyl (C=O) groups is 1. The Morgan fingerprint density at radius 2 is 1.81 bits per heavy atom. The van der Waals surface area contributed by atoms with Gasteiger partial charge in [-0.05, 0) is 30.7 Å². The molecule has 2 rings (SSSR count). The van der Waals surface area contributed by atoms with Gasteiger partial charge in [-0.25, -0.2) is 0 Å². The minimum Gasteiger partial charge on any atom is -0.364 e. The lowest BCUT2D eigenvalue weighted by molar-refractivity contribution is 0.0783. The summed E-state index contributed by atoms with van der Waals surface area (Å²) in [5.74, 6) is -0.354. The van der Waals surface area contributed by atoms with Crippen LogP contribution in [0, 0.1) is 6.92 Å². The first kappa shape index (κ1) is 15.6. The fourth-order valence-corrected chi connectivity index (χ4v) is 2.57. The third-order valence-corrected chi connectivity index (χ3v) is 3.41. The second-order valence-electron chi connectivity index (χ2n) is 4.83. The van der Waals surface area contributed by atoms with Crippen LogP contribution in [0.25, 0.3) is 0 Å². The quantitative estimate of drug-likeness (QED) is 0.942. The molecule has 0 unspecified atom stereocenters. The van der Waals surface area contributed by atoms with E-state index in [2.05, 4.69) is 4.98 Å². The maximum absolute atomic E-state index is 12.3. The molecule has 0 bridgehead atoms. The summed E-state index contributed by atoms with van der Waals surface area (Å²) in [6.45, 7) is 2.07. The van der Waals surface area contributed by atoms with Gasteiger partial charge in [0, 0.05) is 41.6 Å². The zero-order valence-electron chi connectivity index (χ0n) is 11.6. The number of nitrogens with one attached hydrogen (secondary N) is 1. The van der Waals surface area contributed by atoms with E-state index in [9.17, 15) is 9.59 Å². The Bertz CT molecular complexity index is 720. The van der Waals surface area contributed by atoms with Crippen molar-refractivity contribution in [3.63, 3.8) is 0 Å². The molecule has 0 radical (unpaired) electrons. The topological polar surface area (TPSA) is 53.2 Å². The van der Waals surface area contributed by atoms with Crippen molar-refractivity contribution < 1.29 is 4.79 Å². The number of aromatic nitrogens is 1. The second kappa shape index (κ2) is 6.33. The summed E-state index contributed by atoms with van der Waals surface area (Å²) in [6, 6.07) is 6.49. The molecule has 0 fully saturated rings. The highest BCUT2D eigenvalue weighted by atomic mass is 35.5. The Balaban J connectivity index is 2.21. The zero-order chi connectivity index (χ0) is 15.6. The molecular formula is C15H14Cl2N2O2. The van der Waals surface area contributed by atoms with E-state index in [1.165, 1.54) is 17.2 Å². The number of benzene rings is 1. The minimum absolute atomic E-state index is 0.108. The van der Waals surface area contributed by atoms with E-state index in [0.29, 0.717) is 22.3 Å². The van der Waals surface area contributed by atoms with Gasteiger partial charge in [-0.3, -0.25) is 9.59 Å². The number of aromatic amines is 1. The summed E-state index contributed by atoms with van der Waals surface area (Å²) in [6.07, 6.45) is 1.43. The smallest absolute Gasteiger partial charge is 0.259 e. The van der Waals surface area contributed by atoms with E-state index >= 15 is 0 Å². The molecule has 4 nitrogen and oxygen atoms in total. The molecule has 0 aliphatic heterocycles. The Kier molecular flexibility index (Phi) is 4.70. The Labute approximate surface area is 132 Å². The number of amides is 1. The van der Waals surface area contributed by atoms with Crippen LogP contribution in [-0.4, -0.2) is 22.8 Å².